The first-order valence-electron chi connectivity index (χ1n) is 11.3. The highest BCUT2D eigenvalue weighted by molar-refractivity contribution is 6.36. The number of aryl methyl sites for hydroxylation is 1. The van der Waals surface area contributed by atoms with E-state index in [1.54, 1.807) is 0 Å². The predicted octanol–water partition coefficient (Wildman–Crippen LogP) is 5.73. The first kappa shape index (κ1) is 22.5. The summed E-state index contributed by atoms with van der Waals surface area (Å²) >= 11 is 0. The molecule has 4 heteroatoms. The molecular weight excluding hydrogens is 408 g/mol. The summed E-state index contributed by atoms with van der Waals surface area (Å²) in [6, 6.07) is 25.7. The molecule has 168 valence electrons. The van der Waals surface area contributed by atoms with Crippen LogP contribution in [0.15, 0.2) is 84.6 Å². The third-order valence-corrected chi connectivity index (χ3v) is 6.00. The zero-order valence-electron chi connectivity index (χ0n) is 19.7. The standard InChI is InChI=1S/C29H30N2O2/c1-20-10-12-22(13-11-20)25-26(30-24-16-14-23(15-17-24)29(2,3)4)28(33)31(27(25)32)19-18-21-8-6-5-7-9-21/h5-17,30H,18-19H2,1-4H3. The van der Waals surface area contributed by atoms with Crippen molar-refractivity contribution in [2.24, 2.45) is 0 Å². The van der Waals surface area contributed by atoms with E-state index in [0.29, 0.717) is 24.2 Å². The molecule has 1 aliphatic heterocycles. The van der Waals surface area contributed by atoms with Crippen LogP contribution in [-0.4, -0.2) is 23.3 Å². The average molecular weight is 439 g/mol. The number of nitrogens with zero attached hydrogens (tertiary/aromatic N) is 1. The van der Waals surface area contributed by atoms with Gasteiger partial charge in [0.2, 0.25) is 0 Å². The van der Waals surface area contributed by atoms with Crippen LogP contribution in [0.5, 0.6) is 0 Å². The molecule has 0 saturated heterocycles. The molecule has 4 nitrogen and oxygen atoms in total. The Labute approximate surface area is 195 Å². The van der Waals surface area contributed by atoms with E-state index >= 15 is 0 Å². The summed E-state index contributed by atoms with van der Waals surface area (Å²) < 4.78 is 0. The number of imide groups is 1. The predicted molar refractivity (Wildman–Crippen MR) is 134 cm³/mol. The van der Waals surface area contributed by atoms with Crippen molar-refractivity contribution in [1.29, 1.82) is 0 Å². The Morgan fingerprint density at radius 3 is 2.03 bits per heavy atom. The maximum Gasteiger partial charge on any atom is 0.278 e. The molecule has 0 spiro atoms. The zero-order valence-corrected chi connectivity index (χ0v) is 19.7. The van der Waals surface area contributed by atoms with Crippen molar-refractivity contribution in [2.75, 3.05) is 11.9 Å². The second-order valence-electron chi connectivity index (χ2n) is 9.57. The minimum absolute atomic E-state index is 0.0399. The fraction of sp³-hybridized carbons (Fsp3) is 0.241. The summed E-state index contributed by atoms with van der Waals surface area (Å²) in [4.78, 5) is 28.2. The van der Waals surface area contributed by atoms with Gasteiger partial charge in [-0.05, 0) is 47.6 Å². The van der Waals surface area contributed by atoms with Gasteiger partial charge in [-0.15, -0.1) is 0 Å². The first-order chi connectivity index (χ1) is 15.7. The lowest BCUT2D eigenvalue weighted by molar-refractivity contribution is -0.136. The smallest absolute Gasteiger partial charge is 0.278 e. The van der Waals surface area contributed by atoms with Gasteiger partial charge in [-0.25, -0.2) is 0 Å². The maximum atomic E-state index is 13.4. The summed E-state index contributed by atoms with van der Waals surface area (Å²) in [7, 11) is 0. The number of anilines is 1. The van der Waals surface area contributed by atoms with Crippen LogP contribution < -0.4 is 5.32 Å². The Bertz CT molecular complexity index is 1190. The number of nitrogens with one attached hydrogen (secondary N) is 1. The molecule has 0 bridgehead atoms. The van der Waals surface area contributed by atoms with E-state index in [1.807, 2.05) is 73.7 Å². The van der Waals surface area contributed by atoms with Gasteiger partial charge in [-0.2, -0.15) is 0 Å². The summed E-state index contributed by atoms with van der Waals surface area (Å²) in [5.74, 6) is -0.542. The van der Waals surface area contributed by atoms with Gasteiger partial charge in [0.15, 0.2) is 0 Å². The third-order valence-electron chi connectivity index (χ3n) is 6.00. The number of carbonyl (C=O) groups is 2. The molecule has 0 aliphatic carbocycles. The highest BCUT2D eigenvalue weighted by Gasteiger charge is 2.38. The van der Waals surface area contributed by atoms with E-state index in [4.69, 9.17) is 0 Å². The molecule has 0 radical (unpaired) electrons. The SMILES string of the molecule is Cc1ccc(C2=C(Nc3ccc(C(C)(C)C)cc3)C(=O)N(CCc3ccccc3)C2=O)cc1. The minimum Gasteiger partial charge on any atom is -0.350 e. The van der Waals surface area contributed by atoms with E-state index in [9.17, 15) is 9.59 Å². The normalized spacial score (nSPS) is 14.2. The second kappa shape index (κ2) is 9.07. The van der Waals surface area contributed by atoms with Crippen molar-refractivity contribution in [1.82, 2.24) is 4.90 Å². The Hall–Kier alpha value is -3.66. The minimum atomic E-state index is -0.286. The van der Waals surface area contributed by atoms with Crippen molar-refractivity contribution >= 4 is 23.1 Å². The van der Waals surface area contributed by atoms with E-state index < -0.39 is 0 Å². The topological polar surface area (TPSA) is 49.4 Å². The Morgan fingerprint density at radius 1 is 0.788 bits per heavy atom. The van der Waals surface area contributed by atoms with Crippen LogP contribution >= 0.6 is 0 Å². The molecule has 3 aromatic carbocycles. The molecular formula is C29H30N2O2. The fourth-order valence-corrected chi connectivity index (χ4v) is 3.97. The van der Waals surface area contributed by atoms with Gasteiger partial charge in [0.05, 0.1) is 5.57 Å². The molecule has 1 N–H and O–H groups in total. The van der Waals surface area contributed by atoms with Crippen LogP contribution in [0, 0.1) is 6.92 Å². The van der Waals surface area contributed by atoms with E-state index in [1.165, 1.54) is 10.5 Å². The van der Waals surface area contributed by atoms with Crippen molar-refractivity contribution in [3.63, 3.8) is 0 Å². The highest BCUT2D eigenvalue weighted by atomic mass is 16.2. The van der Waals surface area contributed by atoms with Gasteiger partial charge in [-0.1, -0.05) is 93.1 Å². The van der Waals surface area contributed by atoms with E-state index in [-0.39, 0.29) is 17.2 Å². The van der Waals surface area contributed by atoms with Crippen molar-refractivity contribution in [3.05, 3.63) is 107 Å². The molecule has 0 aromatic heterocycles. The van der Waals surface area contributed by atoms with Crippen LogP contribution in [0.3, 0.4) is 0 Å². The molecule has 1 heterocycles. The van der Waals surface area contributed by atoms with Gasteiger partial charge < -0.3 is 5.32 Å². The van der Waals surface area contributed by atoms with Crippen LogP contribution in [0.2, 0.25) is 0 Å². The highest BCUT2D eigenvalue weighted by Crippen LogP contribution is 2.31. The summed E-state index contributed by atoms with van der Waals surface area (Å²) in [6.07, 6.45) is 0.618. The number of hydrogen-bond acceptors (Lipinski definition) is 3. The van der Waals surface area contributed by atoms with Gasteiger partial charge in [-0.3, -0.25) is 14.5 Å². The summed E-state index contributed by atoms with van der Waals surface area (Å²) in [6.45, 7) is 8.83. The summed E-state index contributed by atoms with van der Waals surface area (Å²) in [5, 5.41) is 3.26. The van der Waals surface area contributed by atoms with Crippen molar-refractivity contribution in [3.8, 4) is 0 Å². The van der Waals surface area contributed by atoms with Crippen molar-refractivity contribution in [2.45, 2.75) is 39.5 Å². The average Bonchev–Trinajstić information content (AvgIpc) is 3.02. The maximum absolute atomic E-state index is 13.4. The molecule has 4 rings (SSSR count). The molecule has 2 amide bonds. The lowest BCUT2D eigenvalue weighted by Crippen LogP contribution is -2.34. The van der Waals surface area contributed by atoms with Crippen molar-refractivity contribution < 1.29 is 9.59 Å². The molecule has 0 unspecified atom stereocenters. The number of hydrogen-bond donors (Lipinski definition) is 1. The van der Waals surface area contributed by atoms with E-state index in [2.05, 4.69) is 38.2 Å². The van der Waals surface area contributed by atoms with Crippen LogP contribution in [-0.2, 0) is 21.4 Å². The first-order valence-corrected chi connectivity index (χ1v) is 11.3. The number of carbonyl (C=O) groups excluding carboxylic acids is 2. The Balaban J connectivity index is 1.65. The molecule has 0 atom stereocenters. The summed E-state index contributed by atoms with van der Waals surface area (Å²) in [5.41, 5.74) is 5.73. The van der Waals surface area contributed by atoms with Crippen LogP contribution in [0.25, 0.3) is 5.57 Å². The molecule has 0 fully saturated rings. The van der Waals surface area contributed by atoms with Gasteiger partial charge in [0.25, 0.3) is 11.8 Å². The number of benzene rings is 3. The molecule has 3 aromatic rings. The Morgan fingerprint density at radius 2 is 1.42 bits per heavy atom. The third kappa shape index (κ3) is 4.90. The molecule has 33 heavy (non-hydrogen) atoms. The zero-order chi connectivity index (χ0) is 23.6. The molecule has 0 saturated carbocycles. The lowest BCUT2D eigenvalue weighted by Gasteiger charge is -2.19. The molecule has 1 aliphatic rings. The number of rotatable bonds is 6. The van der Waals surface area contributed by atoms with Crippen LogP contribution in [0.4, 0.5) is 5.69 Å². The van der Waals surface area contributed by atoms with Crippen LogP contribution in [0.1, 0.15) is 43.0 Å². The largest absolute Gasteiger partial charge is 0.350 e. The van der Waals surface area contributed by atoms with E-state index in [0.717, 1.165) is 22.4 Å². The van der Waals surface area contributed by atoms with Gasteiger partial charge in [0, 0.05) is 12.2 Å². The number of amides is 2. The fourth-order valence-electron chi connectivity index (χ4n) is 3.97. The monoisotopic (exact) mass is 438 g/mol. The quantitative estimate of drug-likeness (QED) is 0.500. The Kier molecular flexibility index (Phi) is 6.19. The van der Waals surface area contributed by atoms with Gasteiger partial charge >= 0.3 is 0 Å². The van der Waals surface area contributed by atoms with Gasteiger partial charge in [0.1, 0.15) is 5.70 Å². The lowest BCUT2D eigenvalue weighted by atomic mass is 9.87. The second-order valence-corrected chi connectivity index (χ2v) is 9.57.